The molecule has 5 heteroatoms. The normalized spacial score (nSPS) is 16.6. The van der Waals surface area contributed by atoms with E-state index in [1.165, 1.54) is 23.3 Å². The van der Waals surface area contributed by atoms with Crippen LogP contribution in [0.5, 0.6) is 11.6 Å². The van der Waals surface area contributed by atoms with Crippen molar-refractivity contribution in [3.05, 3.63) is 64.5 Å². The van der Waals surface area contributed by atoms with E-state index in [1.807, 2.05) is 41.7 Å². The van der Waals surface area contributed by atoms with Crippen molar-refractivity contribution in [1.29, 1.82) is 0 Å². The third-order valence-corrected chi connectivity index (χ3v) is 4.95. The Labute approximate surface area is 139 Å². The lowest BCUT2D eigenvalue weighted by Crippen LogP contribution is -2.17. The SMILES string of the molecule is c1ccc(Oc2ccnc(NC3CCCc4sccc43)n2)cc1. The van der Waals surface area contributed by atoms with Crippen LogP contribution in [0.3, 0.4) is 0 Å². The smallest absolute Gasteiger partial charge is 0.226 e. The van der Waals surface area contributed by atoms with Gasteiger partial charge in [-0.05, 0) is 48.4 Å². The van der Waals surface area contributed by atoms with Crippen LogP contribution in [-0.4, -0.2) is 9.97 Å². The molecular weight excluding hydrogens is 306 g/mol. The molecule has 0 bridgehead atoms. The Morgan fingerprint density at radius 3 is 2.96 bits per heavy atom. The zero-order valence-electron chi connectivity index (χ0n) is 12.6. The second-order valence-corrected chi connectivity index (χ2v) is 6.52. The molecule has 4 rings (SSSR count). The third-order valence-electron chi connectivity index (χ3n) is 3.95. The maximum absolute atomic E-state index is 5.77. The zero-order chi connectivity index (χ0) is 15.5. The van der Waals surface area contributed by atoms with Crippen LogP contribution in [0.1, 0.15) is 29.3 Å². The van der Waals surface area contributed by atoms with E-state index in [-0.39, 0.29) is 6.04 Å². The topological polar surface area (TPSA) is 47.0 Å². The van der Waals surface area contributed by atoms with Gasteiger partial charge in [0.05, 0.1) is 6.04 Å². The molecule has 0 saturated carbocycles. The third kappa shape index (κ3) is 3.19. The second kappa shape index (κ2) is 6.38. The van der Waals surface area contributed by atoms with E-state index in [0.717, 1.165) is 12.2 Å². The number of aryl methyl sites for hydroxylation is 1. The van der Waals surface area contributed by atoms with Gasteiger partial charge in [-0.3, -0.25) is 0 Å². The molecule has 0 aliphatic heterocycles. The summed E-state index contributed by atoms with van der Waals surface area (Å²) in [5.41, 5.74) is 1.39. The number of benzene rings is 1. The van der Waals surface area contributed by atoms with E-state index < -0.39 is 0 Å². The Balaban J connectivity index is 1.51. The Kier molecular flexibility index (Phi) is 3.94. The molecule has 4 nitrogen and oxygen atoms in total. The maximum Gasteiger partial charge on any atom is 0.226 e. The Morgan fingerprint density at radius 1 is 1.13 bits per heavy atom. The molecule has 1 aromatic carbocycles. The van der Waals surface area contributed by atoms with Gasteiger partial charge < -0.3 is 10.1 Å². The second-order valence-electron chi connectivity index (χ2n) is 5.52. The summed E-state index contributed by atoms with van der Waals surface area (Å²) >= 11 is 1.84. The summed E-state index contributed by atoms with van der Waals surface area (Å²) in [6.45, 7) is 0. The standard InChI is InChI=1S/C18H17N3OS/c1-2-5-13(6-3-1)22-17-9-11-19-18(21-17)20-15-7-4-8-16-14(15)10-12-23-16/h1-3,5-6,9-12,15H,4,7-8H2,(H,19,20,21). The number of thiophene rings is 1. The zero-order valence-corrected chi connectivity index (χ0v) is 13.4. The van der Waals surface area contributed by atoms with Crippen LogP contribution in [0, 0.1) is 0 Å². The van der Waals surface area contributed by atoms with Gasteiger partial charge in [-0.1, -0.05) is 18.2 Å². The van der Waals surface area contributed by atoms with E-state index in [0.29, 0.717) is 11.8 Å². The average Bonchev–Trinajstić information content (AvgIpc) is 3.06. The highest BCUT2D eigenvalue weighted by Crippen LogP contribution is 2.35. The molecule has 1 atom stereocenters. The first-order valence-electron chi connectivity index (χ1n) is 7.77. The van der Waals surface area contributed by atoms with Crippen molar-refractivity contribution in [2.75, 3.05) is 5.32 Å². The number of anilines is 1. The first kappa shape index (κ1) is 14.2. The number of rotatable bonds is 4. The molecular formula is C18H17N3OS. The van der Waals surface area contributed by atoms with Crippen molar-refractivity contribution in [2.45, 2.75) is 25.3 Å². The number of fused-ring (bicyclic) bond motifs is 1. The lowest BCUT2D eigenvalue weighted by molar-refractivity contribution is 0.461. The summed E-state index contributed by atoms with van der Waals surface area (Å²) in [7, 11) is 0. The molecule has 1 N–H and O–H groups in total. The van der Waals surface area contributed by atoms with Crippen LogP contribution < -0.4 is 10.1 Å². The summed E-state index contributed by atoms with van der Waals surface area (Å²) in [4.78, 5) is 10.3. The minimum absolute atomic E-state index is 0.289. The summed E-state index contributed by atoms with van der Waals surface area (Å²) in [6.07, 6.45) is 5.22. The number of nitrogens with one attached hydrogen (secondary N) is 1. The molecule has 2 heterocycles. The van der Waals surface area contributed by atoms with Gasteiger partial charge in [0, 0.05) is 17.1 Å². The predicted molar refractivity (Wildman–Crippen MR) is 92.2 cm³/mol. The van der Waals surface area contributed by atoms with Gasteiger partial charge in [-0.15, -0.1) is 11.3 Å². The Bertz CT molecular complexity index is 788. The van der Waals surface area contributed by atoms with Crippen LogP contribution in [0.25, 0.3) is 0 Å². The lowest BCUT2D eigenvalue weighted by atomic mass is 9.94. The van der Waals surface area contributed by atoms with Crippen LogP contribution in [0.2, 0.25) is 0 Å². The number of para-hydroxylation sites is 1. The molecule has 1 unspecified atom stereocenters. The first-order valence-corrected chi connectivity index (χ1v) is 8.65. The molecule has 1 aliphatic carbocycles. The first-order chi connectivity index (χ1) is 11.4. The molecule has 1 aliphatic rings. The molecule has 116 valence electrons. The largest absolute Gasteiger partial charge is 0.439 e. The molecule has 0 saturated heterocycles. The van der Waals surface area contributed by atoms with Crippen LogP contribution in [-0.2, 0) is 6.42 Å². The van der Waals surface area contributed by atoms with Gasteiger partial charge in [0.15, 0.2) is 0 Å². The van der Waals surface area contributed by atoms with Crippen molar-refractivity contribution in [3.8, 4) is 11.6 Å². The Morgan fingerprint density at radius 2 is 2.04 bits per heavy atom. The van der Waals surface area contributed by atoms with Crippen molar-refractivity contribution in [2.24, 2.45) is 0 Å². The fourth-order valence-electron chi connectivity index (χ4n) is 2.87. The monoisotopic (exact) mass is 323 g/mol. The lowest BCUT2D eigenvalue weighted by Gasteiger charge is -2.23. The number of nitrogens with zero attached hydrogens (tertiary/aromatic N) is 2. The Hall–Kier alpha value is -2.40. The highest BCUT2D eigenvalue weighted by atomic mass is 32.1. The van der Waals surface area contributed by atoms with Gasteiger partial charge in [-0.2, -0.15) is 4.98 Å². The molecule has 0 radical (unpaired) electrons. The molecule has 2 aromatic heterocycles. The van der Waals surface area contributed by atoms with Gasteiger partial charge in [0.1, 0.15) is 5.75 Å². The van der Waals surface area contributed by atoms with Gasteiger partial charge in [0.25, 0.3) is 0 Å². The minimum Gasteiger partial charge on any atom is -0.439 e. The van der Waals surface area contributed by atoms with Gasteiger partial charge in [-0.25, -0.2) is 4.98 Å². The molecule has 0 spiro atoms. The molecule has 0 amide bonds. The maximum atomic E-state index is 5.77. The number of aromatic nitrogens is 2. The van der Waals surface area contributed by atoms with Gasteiger partial charge in [0.2, 0.25) is 11.8 Å². The highest BCUT2D eigenvalue weighted by Gasteiger charge is 2.21. The number of ether oxygens (including phenoxy) is 1. The summed E-state index contributed by atoms with van der Waals surface area (Å²) in [6, 6.07) is 13.9. The highest BCUT2D eigenvalue weighted by molar-refractivity contribution is 7.10. The van der Waals surface area contributed by atoms with Crippen molar-refractivity contribution in [3.63, 3.8) is 0 Å². The molecule has 0 fully saturated rings. The molecule has 3 aromatic rings. The van der Waals surface area contributed by atoms with E-state index in [2.05, 4.69) is 26.7 Å². The van der Waals surface area contributed by atoms with E-state index in [1.54, 1.807) is 12.3 Å². The quantitative estimate of drug-likeness (QED) is 0.748. The fraction of sp³-hybridized carbons (Fsp3) is 0.222. The number of hydrogen-bond acceptors (Lipinski definition) is 5. The minimum atomic E-state index is 0.289. The van der Waals surface area contributed by atoms with E-state index in [4.69, 9.17) is 4.74 Å². The summed E-state index contributed by atoms with van der Waals surface area (Å²) in [5.74, 6) is 1.94. The summed E-state index contributed by atoms with van der Waals surface area (Å²) in [5, 5.41) is 5.62. The van der Waals surface area contributed by atoms with Gasteiger partial charge >= 0.3 is 0 Å². The van der Waals surface area contributed by atoms with Crippen molar-refractivity contribution < 1.29 is 4.74 Å². The molecule has 23 heavy (non-hydrogen) atoms. The summed E-state index contributed by atoms with van der Waals surface area (Å²) < 4.78 is 5.77. The fourth-order valence-corrected chi connectivity index (χ4v) is 3.86. The average molecular weight is 323 g/mol. The number of hydrogen-bond donors (Lipinski definition) is 1. The van der Waals surface area contributed by atoms with E-state index >= 15 is 0 Å². The van der Waals surface area contributed by atoms with Crippen LogP contribution in [0.4, 0.5) is 5.95 Å². The van der Waals surface area contributed by atoms with Crippen molar-refractivity contribution in [1.82, 2.24) is 9.97 Å². The van der Waals surface area contributed by atoms with Crippen LogP contribution in [0.15, 0.2) is 54.0 Å². The predicted octanol–water partition coefficient (Wildman–Crippen LogP) is 4.82. The van der Waals surface area contributed by atoms with Crippen molar-refractivity contribution >= 4 is 17.3 Å². The van der Waals surface area contributed by atoms with Crippen LogP contribution >= 0.6 is 11.3 Å². The van der Waals surface area contributed by atoms with E-state index in [9.17, 15) is 0 Å².